The van der Waals surface area contributed by atoms with Crippen LogP contribution in [0.3, 0.4) is 0 Å². The van der Waals surface area contributed by atoms with Crippen LogP contribution in [0.5, 0.6) is 5.75 Å². The molecular formula is C16H24N4O. The molecule has 2 rings (SSSR count). The van der Waals surface area contributed by atoms with Crippen molar-refractivity contribution < 1.29 is 4.74 Å². The summed E-state index contributed by atoms with van der Waals surface area (Å²) in [6.07, 6.45) is 3.50. The number of aromatic nitrogens is 3. The maximum absolute atomic E-state index is 5.58. The van der Waals surface area contributed by atoms with Crippen molar-refractivity contribution in [2.45, 2.75) is 39.3 Å². The molecule has 2 aromatic rings. The summed E-state index contributed by atoms with van der Waals surface area (Å²) in [7, 11) is 1.97. The average Bonchev–Trinajstić information content (AvgIpc) is 2.93. The zero-order chi connectivity index (χ0) is 15.1. The average molecular weight is 288 g/mol. The quantitative estimate of drug-likeness (QED) is 0.811. The number of hydrogen-bond donors (Lipinski definition) is 1. The number of nitrogens with zero attached hydrogens (tertiary/aromatic N) is 3. The van der Waals surface area contributed by atoms with E-state index in [-0.39, 0.29) is 6.04 Å². The van der Waals surface area contributed by atoms with E-state index in [1.807, 2.05) is 30.8 Å². The van der Waals surface area contributed by atoms with Crippen LogP contribution in [0.1, 0.15) is 37.7 Å². The van der Waals surface area contributed by atoms with Gasteiger partial charge in [-0.25, -0.2) is 4.98 Å². The maximum Gasteiger partial charge on any atom is 0.138 e. The molecule has 1 heterocycles. The van der Waals surface area contributed by atoms with Crippen molar-refractivity contribution in [1.29, 1.82) is 0 Å². The van der Waals surface area contributed by atoms with Crippen LogP contribution in [0, 0.1) is 0 Å². The Hall–Kier alpha value is -1.88. The molecule has 0 fully saturated rings. The number of likely N-dealkylation sites (N-methyl/N-ethyl adjacent to an activating group) is 1. The fourth-order valence-electron chi connectivity index (χ4n) is 2.40. The molecule has 21 heavy (non-hydrogen) atoms. The van der Waals surface area contributed by atoms with Gasteiger partial charge in [0.15, 0.2) is 0 Å². The molecule has 1 N–H and O–H groups in total. The van der Waals surface area contributed by atoms with Crippen LogP contribution in [0.25, 0.3) is 0 Å². The van der Waals surface area contributed by atoms with Gasteiger partial charge < -0.3 is 10.1 Å². The van der Waals surface area contributed by atoms with Gasteiger partial charge in [-0.3, -0.25) is 4.68 Å². The second kappa shape index (κ2) is 7.78. The first-order valence-electron chi connectivity index (χ1n) is 7.55. The number of ether oxygens (including phenoxy) is 1. The standard InChI is InChI=1S/C16H24N4O/c1-4-9-20-16(18-12-19-20)11-15(17-3)13-7-6-8-14(10-13)21-5-2/h6-8,10,12,15,17H,4-5,9,11H2,1-3H3. The second-order valence-corrected chi connectivity index (χ2v) is 4.95. The van der Waals surface area contributed by atoms with Gasteiger partial charge in [0.25, 0.3) is 0 Å². The van der Waals surface area contributed by atoms with Crippen LogP contribution < -0.4 is 10.1 Å². The molecule has 114 valence electrons. The molecular weight excluding hydrogens is 264 g/mol. The van der Waals surface area contributed by atoms with Gasteiger partial charge >= 0.3 is 0 Å². The van der Waals surface area contributed by atoms with E-state index in [9.17, 15) is 0 Å². The lowest BCUT2D eigenvalue weighted by molar-refractivity contribution is 0.339. The smallest absolute Gasteiger partial charge is 0.138 e. The zero-order valence-corrected chi connectivity index (χ0v) is 13.0. The van der Waals surface area contributed by atoms with E-state index in [0.29, 0.717) is 6.61 Å². The van der Waals surface area contributed by atoms with Gasteiger partial charge in [0, 0.05) is 19.0 Å². The van der Waals surface area contributed by atoms with Crippen molar-refractivity contribution in [1.82, 2.24) is 20.1 Å². The van der Waals surface area contributed by atoms with Crippen molar-refractivity contribution in [2.75, 3.05) is 13.7 Å². The van der Waals surface area contributed by atoms with Gasteiger partial charge in [0.2, 0.25) is 0 Å². The van der Waals surface area contributed by atoms with Gasteiger partial charge in [-0.15, -0.1) is 0 Å². The zero-order valence-electron chi connectivity index (χ0n) is 13.0. The minimum Gasteiger partial charge on any atom is -0.494 e. The predicted molar refractivity (Wildman–Crippen MR) is 83.4 cm³/mol. The highest BCUT2D eigenvalue weighted by molar-refractivity contribution is 5.31. The molecule has 0 aliphatic carbocycles. The molecule has 1 unspecified atom stereocenters. The summed E-state index contributed by atoms with van der Waals surface area (Å²) < 4.78 is 7.56. The normalized spacial score (nSPS) is 12.3. The van der Waals surface area contributed by atoms with E-state index in [4.69, 9.17) is 4.74 Å². The van der Waals surface area contributed by atoms with Gasteiger partial charge in [0.1, 0.15) is 17.9 Å². The highest BCUT2D eigenvalue weighted by Crippen LogP contribution is 2.22. The Morgan fingerprint density at radius 1 is 1.33 bits per heavy atom. The lowest BCUT2D eigenvalue weighted by Gasteiger charge is -2.17. The second-order valence-electron chi connectivity index (χ2n) is 4.95. The van der Waals surface area contributed by atoms with Crippen LogP contribution in [0.4, 0.5) is 0 Å². The lowest BCUT2D eigenvalue weighted by atomic mass is 10.0. The third-order valence-electron chi connectivity index (χ3n) is 3.44. The summed E-state index contributed by atoms with van der Waals surface area (Å²) >= 11 is 0. The van der Waals surface area contributed by atoms with Crippen LogP contribution in [0.15, 0.2) is 30.6 Å². The first-order valence-corrected chi connectivity index (χ1v) is 7.55. The van der Waals surface area contributed by atoms with E-state index in [1.54, 1.807) is 6.33 Å². The third kappa shape index (κ3) is 4.04. The van der Waals surface area contributed by atoms with Crippen LogP contribution in [0.2, 0.25) is 0 Å². The van der Waals surface area contributed by atoms with Crippen molar-refractivity contribution in [3.8, 4) is 5.75 Å². The fourth-order valence-corrected chi connectivity index (χ4v) is 2.40. The van der Waals surface area contributed by atoms with Gasteiger partial charge in [-0.1, -0.05) is 19.1 Å². The van der Waals surface area contributed by atoms with E-state index < -0.39 is 0 Å². The lowest BCUT2D eigenvalue weighted by Crippen LogP contribution is -2.21. The van der Waals surface area contributed by atoms with Crippen LogP contribution in [-0.4, -0.2) is 28.4 Å². The molecule has 0 saturated heterocycles. The van der Waals surface area contributed by atoms with Crippen molar-refractivity contribution in [3.05, 3.63) is 42.0 Å². The van der Waals surface area contributed by atoms with Crippen molar-refractivity contribution >= 4 is 0 Å². The molecule has 0 aliphatic heterocycles. The van der Waals surface area contributed by atoms with E-state index in [1.165, 1.54) is 5.56 Å². The summed E-state index contributed by atoms with van der Waals surface area (Å²) in [6, 6.07) is 8.42. The summed E-state index contributed by atoms with van der Waals surface area (Å²) in [5.74, 6) is 1.92. The molecule has 0 bridgehead atoms. The molecule has 0 saturated carbocycles. The number of hydrogen-bond acceptors (Lipinski definition) is 4. The number of rotatable bonds is 8. The fraction of sp³-hybridized carbons (Fsp3) is 0.500. The monoisotopic (exact) mass is 288 g/mol. The Balaban J connectivity index is 2.15. The third-order valence-corrected chi connectivity index (χ3v) is 3.44. The highest BCUT2D eigenvalue weighted by atomic mass is 16.5. The van der Waals surface area contributed by atoms with Gasteiger partial charge in [-0.05, 0) is 38.1 Å². The Morgan fingerprint density at radius 3 is 2.90 bits per heavy atom. The number of aryl methyl sites for hydroxylation is 1. The minimum atomic E-state index is 0.199. The van der Waals surface area contributed by atoms with Gasteiger partial charge in [0.05, 0.1) is 6.61 Å². The van der Waals surface area contributed by atoms with E-state index >= 15 is 0 Å². The molecule has 0 amide bonds. The molecule has 0 aliphatic rings. The molecule has 5 heteroatoms. The van der Waals surface area contributed by atoms with Crippen LogP contribution >= 0.6 is 0 Å². The number of nitrogens with one attached hydrogen (secondary N) is 1. The number of benzene rings is 1. The SMILES string of the molecule is CCCn1ncnc1CC(NC)c1cccc(OCC)c1. The minimum absolute atomic E-state index is 0.199. The Bertz CT molecular complexity index is 553. The molecule has 1 aromatic carbocycles. The van der Waals surface area contributed by atoms with Crippen molar-refractivity contribution in [3.63, 3.8) is 0 Å². The summed E-state index contributed by atoms with van der Waals surface area (Å²) in [5.41, 5.74) is 1.20. The topological polar surface area (TPSA) is 52.0 Å². The molecule has 1 aromatic heterocycles. The Labute approximate surface area is 126 Å². The first kappa shape index (κ1) is 15.5. The molecule has 0 spiro atoms. The summed E-state index contributed by atoms with van der Waals surface area (Å²) in [5, 5.41) is 7.65. The molecule has 0 radical (unpaired) electrons. The van der Waals surface area contributed by atoms with Crippen molar-refractivity contribution in [2.24, 2.45) is 0 Å². The maximum atomic E-state index is 5.58. The van der Waals surface area contributed by atoms with E-state index in [2.05, 4.69) is 34.5 Å². The van der Waals surface area contributed by atoms with E-state index in [0.717, 1.165) is 31.0 Å². The summed E-state index contributed by atoms with van der Waals surface area (Å²) in [4.78, 5) is 4.39. The largest absolute Gasteiger partial charge is 0.494 e. The molecule has 1 atom stereocenters. The van der Waals surface area contributed by atoms with Crippen LogP contribution in [-0.2, 0) is 13.0 Å². The Kier molecular flexibility index (Phi) is 5.75. The molecule has 5 nitrogen and oxygen atoms in total. The Morgan fingerprint density at radius 2 is 2.19 bits per heavy atom. The first-order chi connectivity index (χ1) is 10.3. The predicted octanol–water partition coefficient (Wildman–Crippen LogP) is 2.59. The van der Waals surface area contributed by atoms with Gasteiger partial charge in [-0.2, -0.15) is 5.10 Å². The summed E-state index contributed by atoms with van der Waals surface area (Å²) in [6.45, 7) is 5.73. The highest BCUT2D eigenvalue weighted by Gasteiger charge is 2.14.